The van der Waals surface area contributed by atoms with Crippen LogP contribution < -0.4 is 10.9 Å². The van der Waals surface area contributed by atoms with Crippen LogP contribution in [0, 0.1) is 0 Å². The molecule has 2 aromatic carbocycles. The third-order valence-electron chi connectivity index (χ3n) is 3.97. The van der Waals surface area contributed by atoms with E-state index in [0.717, 1.165) is 12.0 Å². The van der Waals surface area contributed by atoms with Gasteiger partial charge in [0.05, 0.1) is 23.2 Å². The molecule has 1 N–H and O–H groups in total. The first-order chi connectivity index (χ1) is 13.1. The lowest BCUT2D eigenvalue weighted by molar-refractivity contribution is -0.118. The van der Waals surface area contributed by atoms with E-state index in [1.165, 1.54) is 11.8 Å². The molecule has 0 aliphatic rings. The molecule has 1 heterocycles. The van der Waals surface area contributed by atoms with Gasteiger partial charge in [-0.05, 0) is 30.2 Å². The molecule has 0 bridgehead atoms. The summed E-state index contributed by atoms with van der Waals surface area (Å²) in [7, 11) is 0. The number of amides is 1. The summed E-state index contributed by atoms with van der Waals surface area (Å²) in [6.45, 7) is 3.03. The lowest BCUT2D eigenvalue weighted by atomic mass is 10.2. The maximum Gasteiger partial charge on any atom is 0.262 e. The fourth-order valence-electron chi connectivity index (χ4n) is 2.63. The van der Waals surface area contributed by atoms with Crippen LogP contribution in [0.4, 0.5) is 0 Å². The average Bonchev–Trinajstić information content (AvgIpc) is 2.67. The van der Waals surface area contributed by atoms with Gasteiger partial charge in [0.2, 0.25) is 5.91 Å². The number of aromatic nitrogens is 2. The van der Waals surface area contributed by atoms with Crippen LogP contribution in [0.15, 0.2) is 58.5 Å². The molecule has 0 saturated carbocycles. The zero-order chi connectivity index (χ0) is 19.2. The van der Waals surface area contributed by atoms with Crippen LogP contribution in [0.3, 0.4) is 0 Å². The van der Waals surface area contributed by atoms with Gasteiger partial charge in [0.1, 0.15) is 0 Å². The molecule has 0 aliphatic heterocycles. The van der Waals surface area contributed by atoms with Gasteiger partial charge in [-0.2, -0.15) is 0 Å². The molecule has 0 fully saturated rings. The SMILES string of the molecule is CCCNC(=O)CSc1nc2cc(Cl)ccc2c(=O)n1Cc1ccccc1. The molecule has 0 radical (unpaired) electrons. The lowest BCUT2D eigenvalue weighted by Crippen LogP contribution is -2.27. The molecule has 140 valence electrons. The minimum Gasteiger partial charge on any atom is -0.355 e. The Morgan fingerprint density at radius 1 is 1.22 bits per heavy atom. The highest BCUT2D eigenvalue weighted by atomic mass is 35.5. The first-order valence-electron chi connectivity index (χ1n) is 8.72. The van der Waals surface area contributed by atoms with E-state index in [-0.39, 0.29) is 17.2 Å². The summed E-state index contributed by atoms with van der Waals surface area (Å²) in [6.07, 6.45) is 0.877. The lowest BCUT2D eigenvalue weighted by Gasteiger charge is -2.13. The number of hydrogen-bond acceptors (Lipinski definition) is 4. The summed E-state index contributed by atoms with van der Waals surface area (Å²) in [5.41, 5.74) is 1.39. The Morgan fingerprint density at radius 3 is 2.74 bits per heavy atom. The van der Waals surface area contributed by atoms with Crippen molar-refractivity contribution in [3.8, 4) is 0 Å². The predicted molar refractivity (Wildman–Crippen MR) is 111 cm³/mol. The van der Waals surface area contributed by atoms with Gasteiger partial charge in [-0.15, -0.1) is 0 Å². The summed E-state index contributed by atoms with van der Waals surface area (Å²) in [4.78, 5) is 29.6. The minimum absolute atomic E-state index is 0.0754. The van der Waals surface area contributed by atoms with Crippen LogP contribution in [-0.4, -0.2) is 27.8 Å². The van der Waals surface area contributed by atoms with E-state index < -0.39 is 0 Å². The fourth-order valence-corrected chi connectivity index (χ4v) is 3.63. The number of thioether (sulfide) groups is 1. The maximum absolute atomic E-state index is 13.0. The number of halogens is 1. The Morgan fingerprint density at radius 2 is 2.00 bits per heavy atom. The zero-order valence-corrected chi connectivity index (χ0v) is 16.5. The molecule has 0 unspecified atom stereocenters. The maximum atomic E-state index is 13.0. The molecule has 3 rings (SSSR count). The third kappa shape index (κ3) is 4.90. The number of hydrogen-bond donors (Lipinski definition) is 1. The molecule has 5 nitrogen and oxygen atoms in total. The van der Waals surface area contributed by atoms with Crippen molar-refractivity contribution >= 4 is 40.2 Å². The van der Waals surface area contributed by atoms with Gasteiger partial charge in [0.25, 0.3) is 5.56 Å². The van der Waals surface area contributed by atoms with Crippen LogP contribution >= 0.6 is 23.4 Å². The molecule has 1 aromatic heterocycles. The van der Waals surface area contributed by atoms with Crippen molar-refractivity contribution in [2.45, 2.75) is 25.0 Å². The predicted octanol–water partition coefficient (Wildman–Crippen LogP) is 3.72. The summed E-state index contributed by atoms with van der Waals surface area (Å²) in [6, 6.07) is 14.8. The van der Waals surface area contributed by atoms with Gasteiger partial charge in [0, 0.05) is 11.6 Å². The number of fused-ring (bicyclic) bond motifs is 1. The zero-order valence-electron chi connectivity index (χ0n) is 14.9. The van der Waals surface area contributed by atoms with E-state index >= 15 is 0 Å². The Labute approximate surface area is 166 Å². The molecule has 7 heteroatoms. The van der Waals surface area contributed by atoms with E-state index in [1.807, 2.05) is 37.3 Å². The van der Waals surface area contributed by atoms with Gasteiger partial charge in [-0.1, -0.05) is 60.6 Å². The second-order valence-corrected chi connectivity index (χ2v) is 7.45. The quantitative estimate of drug-likeness (QED) is 0.484. The van der Waals surface area contributed by atoms with Crippen LogP contribution in [0.2, 0.25) is 5.02 Å². The second kappa shape index (κ2) is 9.06. The molecule has 3 aromatic rings. The minimum atomic E-state index is -0.142. The summed E-state index contributed by atoms with van der Waals surface area (Å²) in [5.74, 6) is 0.126. The van der Waals surface area contributed by atoms with Crippen molar-refractivity contribution < 1.29 is 4.79 Å². The molecule has 1 amide bonds. The van der Waals surface area contributed by atoms with Crippen LogP contribution in [-0.2, 0) is 11.3 Å². The first-order valence-corrected chi connectivity index (χ1v) is 10.1. The number of carbonyl (C=O) groups is 1. The van der Waals surface area contributed by atoms with Crippen LogP contribution in [0.5, 0.6) is 0 Å². The van der Waals surface area contributed by atoms with Crippen molar-refractivity contribution in [3.63, 3.8) is 0 Å². The van der Waals surface area contributed by atoms with Crippen molar-refractivity contribution in [2.24, 2.45) is 0 Å². The van der Waals surface area contributed by atoms with E-state index in [1.54, 1.807) is 22.8 Å². The van der Waals surface area contributed by atoms with Crippen LogP contribution in [0.25, 0.3) is 10.9 Å². The topological polar surface area (TPSA) is 64.0 Å². The second-order valence-electron chi connectivity index (χ2n) is 6.07. The first kappa shape index (κ1) is 19.5. The van der Waals surface area contributed by atoms with Crippen molar-refractivity contribution in [2.75, 3.05) is 12.3 Å². The Hall–Kier alpha value is -2.31. The van der Waals surface area contributed by atoms with Crippen molar-refractivity contribution in [1.82, 2.24) is 14.9 Å². The highest BCUT2D eigenvalue weighted by molar-refractivity contribution is 7.99. The summed E-state index contributed by atoms with van der Waals surface area (Å²) < 4.78 is 1.61. The van der Waals surface area contributed by atoms with Gasteiger partial charge in [-0.25, -0.2) is 4.98 Å². The van der Waals surface area contributed by atoms with Crippen molar-refractivity contribution in [1.29, 1.82) is 0 Å². The Kier molecular flexibility index (Phi) is 6.53. The van der Waals surface area contributed by atoms with Gasteiger partial charge in [0.15, 0.2) is 5.16 Å². The Bertz CT molecular complexity index is 1010. The standard InChI is InChI=1S/C20H20ClN3O2S/c1-2-10-22-18(25)13-27-20-23-17-11-15(21)8-9-16(17)19(26)24(20)12-14-6-4-3-5-7-14/h3-9,11H,2,10,12-13H2,1H3,(H,22,25). The molecule has 0 atom stereocenters. The largest absolute Gasteiger partial charge is 0.355 e. The number of nitrogens with zero attached hydrogens (tertiary/aromatic N) is 2. The van der Waals surface area contributed by atoms with E-state index in [4.69, 9.17) is 11.6 Å². The normalized spacial score (nSPS) is 10.9. The van der Waals surface area contributed by atoms with Crippen molar-refractivity contribution in [3.05, 3.63) is 69.5 Å². The average molecular weight is 402 g/mol. The van der Waals surface area contributed by atoms with Gasteiger partial charge in [-0.3, -0.25) is 14.2 Å². The smallest absolute Gasteiger partial charge is 0.262 e. The number of benzene rings is 2. The molecule has 27 heavy (non-hydrogen) atoms. The van der Waals surface area contributed by atoms with E-state index in [9.17, 15) is 9.59 Å². The molecular weight excluding hydrogens is 382 g/mol. The molecular formula is C20H20ClN3O2S. The van der Waals surface area contributed by atoms with Gasteiger partial charge >= 0.3 is 0 Å². The highest BCUT2D eigenvalue weighted by Gasteiger charge is 2.14. The number of carbonyl (C=O) groups excluding carboxylic acids is 1. The van der Waals surface area contributed by atoms with Gasteiger partial charge < -0.3 is 5.32 Å². The van der Waals surface area contributed by atoms with E-state index in [2.05, 4.69) is 10.3 Å². The Balaban J connectivity index is 1.98. The van der Waals surface area contributed by atoms with Crippen LogP contribution in [0.1, 0.15) is 18.9 Å². The summed E-state index contributed by atoms with van der Waals surface area (Å²) >= 11 is 7.31. The summed E-state index contributed by atoms with van der Waals surface area (Å²) in [5, 5.41) is 4.37. The highest BCUT2D eigenvalue weighted by Crippen LogP contribution is 2.21. The number of nitrogens with one attached hydrogen (secondary N) is 1. The molecule has 0 spiro atoms. The molecule has 0 aliphatic carbocycles. The number of rotatable bonds is 7. The molecule has 0 saturated heterocycles. The third-order valence-corrected chi connectivity index (χ3v) is 5.18. The fraction of sp³-hybridized carbons (Fsp3) is 0.250. The van der Waals surface area contributed by atoms with E-state index in [0.29, 0.717) is 34.2 Å². The monoisotopic (exact) mass is 401 g/mol.